The molecule has 0 aromatic heterocycles. The van der Waals surface area contributed by atoms with Crippen LogP contribution in [0.25, 0.3) is 0 Å². The van der Waals surface area contributed by atoms with Crippen molar-refractivity contribution in [3.63, 3.8) is 0 Å². The van der Waals surface area contributed by atoms with E-state index in [2.05, 4.69) is 5.32 Å². The van der Waals surface area contributed by atoms with E-state index in [1.807, 2.05) is 52.0 Å². The summed E-state index contributed by atoms with van der Waals surface area (Å²) < 4.78 is 28.7. The fraction of sp³-hybridized carbons (Fsp3) is 0.333. The lowest BCUT2D eigenvalue weighted by Gasteiger charge is -2.33. The van der Waals surface area contributed by atoms with Gasteiger partial charge in [0.25, 0.3) is 10.0 Å². The first-order valence-corrected chi connectivity index (χ1v) is 14.9. The number of hydrogen-bond donors (Lipinski definition) is 1. The summed E-state index contributed by atoms with van der Waals surface area (Å²) in [6.07, 6.45) is 1.13. The smallest absolute Gasteiger partial charge is 0.264 e. The molecule has 1 N–H and O–H groups in total. The highest BCUT2D eigenvalue weighted by molar-refractivity contribution is 7.92. The number of anilines is 1. The lowest BCUT2D eigenvalue weighted by Crippen LogP contribution is -2.52. The van der Waals surface area contributed by atoms with E-state index in [0.717, 1.165) is 27.4 Å². The predicted octanol–water partition coefficient (Wildman–Crippen LogP) is 5.49. The monoisotopic (exact) mass is 569 g/mol. The number of amides is 2. The van der Waals surface area contributed by atoms with Gasteiger partial charge < -0.3 is 10.2 Å². The van der Waals surface area contributed by atoms with Crippen LogP contribution in [0.15, 0.2) is 77.7 Å². The normalized spacial score (nSPS) is 12.0. The van der Waals surface area contributed by atoms with Crippen LogP contribution in [0, 0.1) is 13.8 Å². The number of nitrogens with zero attached hydrogens (tertiary/aromatic N) is 2. The molecule has 0 aliphatic carbocycles. The second-order valence-corrected chi connectivity index (χ2v) is 11.8. The van der Waals surface area contributed by atoms with Crippen LogP contribution in [-0.2, 0) is 26.2 Å². The zero-order valence-electron chi connectivity index (χ0n) is 22.9. The number of sulfonamides is 1. The Morgan fingerprint density at radius 3 is 2.28 bits per heavy atom. The van der Waals surface area contributed by atoms with Crippen molar-refractivity contribution in [2.45, 2.75) is 58.0 Å². The largest absolute Gasteiger partial charge is 0.354 e. The number of benzene rings is 3. The molecule has 0 bridgehead atoms. The topological polar surface area (TPSA) is 86.8 Å². The van der Waals surface area contributed by atoms with Gasteiger partial charge in [-0.15, -0.1) is 0 Å². The van der Waals surface area contributed by atoms with E-state index >= 15 is 0 Å². The van der Waals surface area contributed by atoms with Gasteiger partial charge in [-0.25, -0.2) is 8.42 Å². The molecule has 0 aliphatic heterocycles. The lowest BCUT2D eigenvalue weighted by atomic mass is 10.1. The summed E-state index contributed by atoms with van der Waals surface area (Å²) in [5.41, 5.74) is 2.91. The van der Waals surface area contributed by atoms with Gasteiger partial charge in [0.1, 0.15) is 12.6 Å². The van der Waals surface area contributed by atoms with Gasteiger partial charge in [-0.3, -0.25) is 13.9 Å². The van der Waals surface area contributed by atoms with Gasteiger partial charge in [-0.05, 0) is 62.1 Å². The van der Waals surface area contributed by atoms with Gasteiger partial charge in [-0.1, -0.05) is 79.5 Å². The van der Waals surface area contributed by atoms with E-state index in [1.54, 1.807) is 36.4 Å². The van der Waals surface area contributed by atoms with E-state index in [4.69, 9.17) is 11.6 Å². The Hall–Kier alpha value is -3.36. The minimum absolute atomic E-state index is 0.0486. The summed E-state index contributed by atoms with van der Waals surface area (Å²) in [4.78, 5) is 28.7. The Balaban J connectivity index is 2.06. The van der Waals surface area contributed by atoms with Crippen LogP contribution in [0.1, 0.15) is 43.4 Å². The zero-order chi connectivity index (χ0) is 28.6. The highest BCUT2D eigenvalue weighted by Crippen LogP contribution is 2.28. The highest BCUT2D eigenvalue weighted by Gasteiger charge is 2.33. The Morgan fingerprint density at radius 2 is 1.67 bits per heavy atom. The molecule has 39 heavy (non-hydrogen) atoms. The van der Waals surface area contributed by atoms with E-state index < -0.39 is 28.5 Å². The van der Waals surface area contributed by atoms with Crippen LogP contribution in [0.3, 0.4) is 0 Å². The summed E-state index contributed by atoms with van der Waals surface area (Å²) >= 11 is 6.37. The van der Waals surface area contributed by atoms with Crippen molar-refractivity contribution in [3.05, 3.63) is 94.5 Å². The second kappa shape index (κ2) is 13.6. The molecule has 208 valence electrons. The number of carbonyl (C=O) groups excluding carboxylic acids is 2. The molecule has 1 atom stereocenters. The maximum atomic E-state index is 14.0. The van der Waals surface area contributed by atoms with Crippen LogP contribution in [0.4, 0.5) is 5.69 Å². The quantitative estimate of drug-likeness (QED) is 0.313. The van der Waals surface area contributed by atoms with Gasteiger partial charge in [0.15, 0.2) is 0 Å². The molecule has 7 nitrogen and oxygen atoms in total. The SMILES string of the molecule is CCCNC(=O)[C@H](CC)N(Cc1cccc(C)c1)C(=O)CN(c1ccc(C)c(Cl)c1)S(=O)(=O)c1ccccc1. The molecule has 0 saturated carbocycles. The van der Waals surface area contributed by atoms with Crippen LogP contribution in [-0.4, -0.2) is 44.3 Å². The molecular formula is C30H36ClN3O4S. The molecule has 3 aromatic rings. The Morgan fingerprint density at radius 1 is 0.949 bits per heavy atom. The first-order valence-electron chi connectivity index (χ1n) is 13.0. The van der Waals surface area contributed by atoms with Crippen molar-refractivity contribution in [2.24, 2.45) is 0 Å². The van der Waals surface area contributed by atoms with Gasteiger partial charge in [0, 0.05) is 18.1 Å². The summed E-state index contributed by atoms with van der Waals surface area (Å²) in [6, 6.07) is 19.8. The summed E-state index contributed by atoms with van der Waals surface area (Å²) in [7, 11) is -4.13. The number of carbonyl (C=O) groups is 2. The lowest BCUT2D eigenvalue weighted by molar-refractivity contribution is -0.140. The summed E-state index contributed by atoms with van der Waals surface area (Å²) in [5.74, 6) is -0.762. The third-order valence-electron chi connectivity index (χ3n) is 6.42. The Bertz CT molecular complexity index is 1400. The molecule has 2 amide bonds. The van der Waals surface area contributed by atoms with E-state index in [1.165, 1.54) is 17.0 Å². The summed E-state index contributed by atoms with van der Waals surface area (Å²) in [6.45, 7) is 7.71. The van der Waals surface area contributed by atoms with Crippen molar-refractivity contribution < 1.29 is 18.0 Å². The van der Waals surface area contributed by atoms with E-state index in [-0.39, 0.29) is 23.0 Å². The van der Waals surface area contributed by atoms with Gasteiger partial charge in [0.05, 0.1) is 10.6 Å². The number of hydrogen-bond acceptors (Lipinski definition) is 4. The molecule has 3 aromatic carbocycles. The van der Waals surface area contributed by atoms with Crippen molar-refractivity contribution >= 4 is 39.1 Å². The first-order chi connectivity index (χ1) is 18.6. The molecular weight excluding hydrogens is 534 g/mol. The summed E-state index contributed by atoms with van der Waals surface area (Å²) in [5, 5.41) is 3.27. The standard InChI is InChI=1S/C30H36ClN3O4S/c1-5-17-32-30(36)28(6-2)33(20-24-12-10-11-22(3)18-24)29(35)21-34(25-16-15-23(4)27(31)19-25)39(37,38)26-13-8-7-9-14-26/h7-16,18-19,28H,5-6,17,20-21H2,1-4H3,(H,32,36)/t28-/m0/s1. The van der Waals surface area contributed by atoms with Crippen molar-refractivity contribution in [2.75, 3.05) is 17.4 Å². The molecule has 0 saturated heterocycles. The number of halogens is 1. The molecule has 0 fully saturated rings. The van der Waals surface area contributed by atoms with Crippen molar-refractivity contribution in [1.82, 2.24) is 10.2 Å². The van der Waals surface area contributed by atoms with Gasteiger partial charge >= 0.3 is 0 Å². The molecule has 3 rings (SSSR count). The second-order valence-electron chi connectivity index (χ2n) is 9.48. The fourth-order valence-electron chi connectivity index (χ4n) is 4.28. The average molecular weight is 570 g/mol. The molecule has 0 radical (unpaired) electrons. The first kappa shape index (κ1) is 30.2. The van der Waals surface area contributed by atoms with E-state index in [9.17, 15) is 18.0 Å². The highest BCUT2D eigenvalue weighted by atomic mass is 35.5. The van der Waals surface area contributed by atoms with Crippen LogP contribution >= 0.6 is 11.6 Å². The maximum Gasteiger partial charge on any atom is 0.264 e. The minimum atomic E-state index is -4.13. The Kier molecular flexibility index (Phi) is 10.5. The molecule has 9 heteroatoms. The molecule has 0 unspecified atom stereocenters. The van der Waals surface area contributed by atoms with Crippen LogP contribution < -0.4 is 9.62 Å². The zero-order valence-corrected chi connectivity index (χ0v) is 24.4. The predicted molar refractivity (Wildman–Crippen MR) is 156 cm³/mol. The minimum Gasteiger partial charge on any atom is -0.354 e. The van der Waals surface area contributed by atoms with Gasteiger partial charge in [0.2, 0.25) is 11.8 Å². The van der Waals surface area contributed by atoms with Crippen LogP contribution in [0.5, 0.6) is 0 Å². The number of rotatable bonds is 12. The van der Waals surface area contributed by atoms with E-state index in [0.29, 0.717) is 18.0 Å². The number of nitrogens with one attached hydrogen (secondary N) is 1. The van der Waals surface area contributed by atoms with Gasteiger partial charge in [-0.2, -0.15) is 0 Å². The van der Waals surface area contributed by atoms with Crippen molar-refractivity contribution in [3.8, 4) is 0 Å². The van der Waals surface area contributed by atoms with Crippen molar-refractivity contribution in [1.29, 1.82) is 0 Å². The molecule has 0 heterocycles. The Labute approximate surface area is 236 Å². The van der Waals surface area contributed by atoms with Crippen LogP contribution in [0.2, 0.25) is 5.02 Å². The fourth-order valence-corrected chi connectivity index (χ4v) is 5.88. The molecule has 0 spiro atoms. The third kappa shape index (κ3) is 7.61. The maximum absolute atomic E-state index is 14.0. The average Bonchev–Trinajstić information content (AvgIpc) is 2.92. The molecule has 0 aliphatic rings. The third-order valence-corrected chi connectivity index (χ3v) is 8.62. The number of aryl methyl sites for hydroxylation is 2.